The van der Waals surface area contributed by atoms with Crippen LogP contribution in [0.25, 0.3) is 0 Å². The zero-order valence-corrected chi connectivity index (χ0v) is 5.92. The van der Waals surface area contributed by atoms with Crippen molar-refractivity contribution in [3.63, 3.8) is 0 Å². The molecule has 0 aromatic heterocycles. The molecule has 10 heavy (non-hydrogen) atoms. The van der Waals surface area contributed by atoms with Crippen molar-refractivity contribution in [3.05, 3.63) is 0 Å². The first-order valence-electron chi connectivity index (χ1n) is 3.38. The minimum atomic E-state index is -0.250. The molecule has 0 aromatic rings. The summed E-state index contributed by atoms with van der Waals surface area (Å²) in [4.78, 5) is 15.7. The Morgan fingerprint density at radius 3 is 3.20 bits per heavy atom. The predicted octanol–water partition coefficient (Wildman–Crippen LogP) is -0.157. The molecule has 0 unspecified atom stereocenters. The minimum Gasteiger partial charge on any atom is -0.465 e. The molecular formula is C6H11NO3. The molecule has 1 N–H and O–H groups in total. The fourth-order valence-electron chi connectivity index (χ4n) is 0.804. The molecule has 0 aliphatic carbocycles. The van der Waals surface area contributed by atoms with E-state index < -0.39 is 0 Å². The summed E-state index contributed by atoms with van der Waals surface area (Å²) in [5.41, 5.74) is 2.57. The summed E-state index contributed by atoms with van der Waals surface area (Å²) in [6, 6.07) is -0.250. The van der Waals surface area contributed by atoms with Crippen molar-refractivity contribution in [2.24, 2.45) is 0 Å². The first-order chi connectivity index (χ1) is 4.84. The van der Waals surface area contributed by atoms with Crippen molar-refractivity contribution in [3.8, 4) is 0 Å². The van der Waals surface area contributed by atoms with Crippen molar-refractivity contribution >= 4 is 5.97 Å². The van der Waals surface area contributed by atoms with E-state index in [9.17, 15) is 4.79 Å². The Kier molecular flexibility index (Phi) is 2.65. The highest BCUT2D eigenvalue weighted by molar-refractivity contribution is 5.75. The second kappa shape index (κ2) is 3.53. The fraction of sp³-hybridized carbons (Fsp3) is 0.833. The molecule has 4 nitrogen and oxygen atoms in total. The van der Waals surface area contributed by atoms with Gasteiger partial charge in [-0.05, 0) is 6.92 Å². The van der Waals surface area contributed by atoms with Crippen LogP contribution in [0.1, 0.15) is 13.3 Å². The van der Waals surface area contributed by atoms with Crippen LogP contribution in [0.4, 0.5) is 0 Å². The molecule has 0 bridgehead atoms. The standard InChI is InChI=1S/C6H11NO3/c1-2-9-6(8)5-3-4-10-7-5/h5,7H,2-4H2,1H3/t5-/m0/s1. The molecule has 0 radical (unpaired) electrons. The number of rotatable bonds is 2. The van der Waals surface area contributed by atoms with Crippen molar-refractivity contribution < 1.29 is 14.4 Å². The molecule has 0 amide bonds. The summed E-state index contributed by atoms with van der Waals surface area (Å²) in [7, 11) is 0. The van der Waals surface area contributed by atoms with Gasteiger partial charge >= 0.3 is 5.97 Å². The Labute approximate surface area is 59.5 Å². The van der Waals surface area contributed by atoms with Gasteiger partial charge in [-0.15, -0.1) is 0 Å². The maximum absolute atomic E-state index is 10.9. The molecule has 1 aliphatic heterocycles. The predicted molar refractivity (Wildman–Crippen MR) is 34.1 cm³/mol. The SMILES string of the molecule is CCOC(=O)[C@@H]1CCON1. The first kappa shape index (κ1) is 7.50. The third kappa shape index (κ3) is 1.68. The van der Waals surface area contributed by atoms with Gasteiger partial charge in [0.2, 0.25) is 0 Å². The van der Waals surface area contributed by atoms with E-state index in [1.54, 1.807) is 6.92 Å². The number of hydrogen-bond acceptors (Lipinski definition) is 4. The highest BCUT2D eigenvalue weighted by Crippen LogP contribution is 2.02. The molecule has 1 saturated heterocycles. The minimum absolute atomic E-state index is 0.222. The number of hydrogen-bond donors (Lipinski definition) is 1. The van der Waals surface area contributed by atoms with E-state index in [4.69, 9.17) is 9.57 Å². The maximum Gasteiger partial charge on any atom is 0.325 e. The lowest BCUT2D eigenvalue weighted by atomic mass is 10.2. The smallest absolute Gasteiger partial charge is 0.325 e. The van der Waals surface area contributed by atoms with Crippen LogP contribution in [-0.4, -0.2) is 25.2 Å². The molecule has 1 rings (SSSR count). The lowest BCUT2D eigenvalue weighted by Crippen LogP contribution is -2.31. The van der Waals surface area contributed by atoms with Crippen LogP contribution < -0.4 is 5.48 Å². The van der Waals surface area contributed by atoms with Crippen LogP contribution in [0.3, 0.4) is 0 Å². The number of carbonyl (C=O) groups is 1. The molecule has 0 saturated carbocycles. The average molecular weight is 145 g/mol. The quantitative estimate of drug-likeness (QED) is 0.548. The highest BCUT2D eigenvalue weighted by atomic mass is 16.7. The van der Waals surface area contributed by atoms with Gasteiger partial charge < -0.3 is 9.57 Å². The zero-order chi connectivity index (χ0) is 7.40. The topological polar surface area (TPSA) is 47.6 Å². The van der Waals surface area contributed by atoms with Crippen LogP contribution in [0, 0.1) is 0 Å². The Hall–Kier alpha value is -0.610. The van der Waals surface area contributed by atoms with Crippen molar-refractivity contribution in [2.45, 2.75) is 19.4 Å². The van der Waals surface area contributed by atoms with E-state index in [-0.39, 0.29) is 12.0 Å². The van der Waals surface area contributed by atoms with Crippen molar-refractivity contribution in [1.29, 1.82) is 0 Å². The zero-order valence-electron chi connectivity index (χ0n) is 5.92. The normalized spacial score (nSPS) is 24.7. The molecule has 1 atom stereocenters. The van der Waals surface area contributed by atoms with Crippen molar-refractivity contribution in [2.75, 3.05) is 13.2 Å². The summed E-state index contributed by atoms with van der Waals surface area (Å²) in [5.74, 6) is -0.222. The summed E-state index contributed by atoms with van der Waals surface area (Å²) >= 11 is 0. The van der Waals surface area contributed by atoms with Crippen LogP contribution in [-0.2, 0) is 14.4 Å². The molecule has 1 fully saturated rings. The third-order valence-electron chi connectivity index (χ3n) is 1.31. The maximum atomic E-state index is 10.9. The molecule has 1 heterocycles. The number of esters is 1. The van der Waals surface area contributed by atoms with E-state index in [0.29, 0.717) is 19.6 Å². The molecule has 0 aromatic carbocycles. The Bertz CT molecular complexity index is 120. The molecule has 4 heteroatoms. The summed E-state index contributed by atoms with van der Waals surface area (Å²) in [6.07, 6.45) is 0.707. The van der Waals surface area contributed by atoms with Crippen LogP contribution in [0.5, 0.6) is 0 Å². The lowest BCUT2D eigenvalue weighted by Gasteiger charge is -2.05. The monoisotopic (exact) mass is 145 g/mol. The number of carbonyl (C=O) groups excluding carboxylic acids is 1. The highest BCUT2D eigenvalue weighted by Gasteiger charge is 2.23. The fourth-order valence-corrected chi connectivity index (χ4v) is 0.804. The number of hydroxylamine groups is 1. The van der Waals surface area contributed by atoms with E-state index in [2.05, 4.69) is 5.48 Å². The molecule has 58 valence electrons. The van der Waals surface area contributed by atoms with E-state index in [1.807, 2.05) is 0 Å². The second-order valence-electron chi connectivity index (χ2n) is 2.06. The van der Waals surface area contributed by atoms with Crippen LogP contribution in [0.15, 0.2) is 0 Å². The second-order valence-corrected chi connectivity index (χ2v) is 2.06. The van der Waals surface area contributed by atoms with E-state index in [1.165, 1.54) is 0 Å². The van der Waals surface area contributed by atoms with E-state index >= 15 is 0 Å². The van der Waals surface area contributed by atoms with Crippen LogP contribution in [0.2, 0.25) is 0 Å². The largest absolute Gasteiger partial charge is 0.465 e. The van der Waals surface area contributed by atoms with Gasteiger partial charge in [-0.3, -0.25) is 4.79 Å². The Balaban J connectivity index is 2.25. The third-order valence-corrected chi connectivity index (χ3v) is 1.31. The summed E-state index contributed by atoms with van der Waals surface area (Å²) in [6.45, 7) is 2.80. The van der Waals surface area contributed by atoms with E-state index in [0.717, 1.165) is 0 Å². The number of nitrogens with one attached hydrogen (secondary N) is 1. The summed E-state index contributed by atoms with van der Waals surface area (Å²) < 4.78 is 4.74. The van der Waals surface area contributed by atoms with Gasteiger partial charge in [0.1, 0.15) is 6.04 Å². The Morgan fingerprint density at radius 1 is 1.90 bits per heavy atom. The van der Waals surface area contributed by atoms with Gasteiger partial charge in [0.15, 0.2) is 0 Å². The molecule has 1 aliphatic rings. The Morgan fingerprint density at radius 2 is 2.70 bits per heavy atom. The van der Waals surface area contributed by atoms with Gasteiger partial charge in [-0.25, -0.2) is 0 Å². The molecule has 0 spiro atoms. The molecular weight excluding hydrogens is 134 g/mol. The van der Waals surface area contributed by atoms with Gasteiger partial charge in [0.05, 0.1) is 13.2 Å². The first-order valence-corrected chi connectivity index (χ1v) is 3.38. The van der Waals surface area contributed by atoms with Gasteiger partial charge in [0, 0.05) is 6.42 Å². The summed E-state index contributed by atoms with van der Waals surface area (Å²) in [5, 5.41) is 0. The van der Waals surface area contributed by atoms with Gasteiger partial charge in [0.25, 0.3) is 0 Å². The average Bonchev–Trinajstić information content (AvgIpc) is 2.38. The van der Waals surface area contributed by atoms with Gasteiger partial charge in [-0.1, -0.05) is 0 Å². The number of ether oxygens (including phenoxy) is 1. The van der Waals surface area contributed by atoms with Crippen molar-refractivity contribution in [1.82, 2.24) is 5.48 Å². The lowest BCUT2D eigenvalue weighted by molar-refractivity contribution is -0.146. The van der Waals surface area contributed by atoms with Gasteiger partial charge in [-0.2, -0.15) is 5.48 Å². The van der Waals surface area contributed by atoms with Crippen LogP contribution >= 0.6 is 0 Å².